The smallest absolute Gasteiger partial charge is 0.325 e. The fraction of sp³-hybridized carbons (Fsp3) is 0.261. The first-order valence-electron chi connectivity index (χ1n) is 10.00. The Morgan fingerprint density at radius 3 is 1.47 bits per heavy atom. The zero-order valence-corrected chi connectivity index (χ0v) is 18.6. The van der Waals surface area contributed by atoms with Gasteiger partial charge in [-0.3, -0.25) is 24.0 Å². The fourth-order valence-corrected chi connectivity index (χ4v) is 2.50. The second-order valence-corrected chi connectivity index (χ2v) is 6.69. The SMILES string of the molecule is COc1cccc(C(=O)NCC(=O)OCC(=O)COC(=O)CNC(=O)c2cccc(OC)c2)c1. The van der Waals surface area contributed by atoms with Crippen molar-refractivity contribution >= 4 is 29.5 Å². The molecular weight excluding hydrogens is 448 g/mol. The first-order valence-corrected chi connectivity index (χ1v) is 10.00. The molecule has 0 atom stereocenters. The zero-order valence-electron chi connectivity index (χ0n) is 18.6. The Bertz CT molecular complexity index is 971. The summed E-state index contributed by atoms with van der Waals surface area (Å²) in [5, 5.41) is 4.72. The van der Waals surface area contributed by atoms with Crippen molar-refractivity contribution in [1.82, 2.24) is 10.6 Å². The van der Waals surface area contributed by atoms with Gasteiger partial charge in [-0.2, -0.15) is 0 Å². The number of Topliss-reactive ketones (excluding diaryl/α,β-unsaturated/α-hetero) is 1. The number of carbonyl (C=O) groups is 5. The van der Waals surface area contributed by atoms with E-state index >= 15 is 0 Å². The summed E-state index contributed by atoms with van der Waals surface area (Å²) in [4.78, 5) is 59.3. The van der Waals surface area contributed by atoms with E-state index in [0.717, 1.165) is 0 Å². The Balaban J connectivity index is 1.63. The van der Waals surface area contributed by atoms with Crippen LogP contribution >= 0.6 is 0 Å². The molecule has 0 saturated heterocycles. The molecule has 2 aromatic carbocycles. The lowest BCUT2D eigenvalue weighted by Crippen LogP contribution is -2.33. The van der Waals surface area contributed by atoms with E-state index in [2.05, 4.69) is 10.6 Å². The number of rotatable bonds is 12. The van der Waals surface area contributed by atoms with E-state index < -0.39 is 55.8 Å². The Hall–Kier alpha value is -4.41. The van der Waals surface area contributed by atoms with E-state index in [-0.39, 0.29) is 11.1 Å². The summed E-state index contributed by atoms with van der Waals surface area (Å²) < 4.78 is 19.5. The largest absolute Gasteiger partial charge is 0.497 e. The molecule has 0 radical (unpaired) electrons. The van der Waals surface area contributed by atoms with E-state index in [1.807, 2.05) is 0 Å². The number of ketones is 1. The highest BCUT2D eigenvalue weighted by atomic mass is 16.6. The van der Waals surface area contributed by atoms with Crippen LogP contribution in [0.5, 0.6) is 11.5 Å². The lowest BCUT2D eigenvalue weighted by atomic mass is 10.2. The molecule has 0 aliphatic heterocycles. The van der Waals surface area contributed by atoms with Crippen molar-refractivity contribution in [1.29, 1.82) is 0 Å². The molecule has 2 N–H and O–H groups in total. The zero-order chi connectivity index (χ0) is 24.9. The second-order valence-electron chi connectivity index (χ2n) is 6.69. The minimum Gasteiger partial charge on any atom is -0.497 e. The van der Waals surface area contributed by atoms with E-state index in [4.69, 9.17) is 18.9 Å². The van der Waals surface area contributed by atoms with Crippen molar-refractivity contribution in [2.24, 2.45) is 0 Å². The number of esters is 2. The van der Waals surface area contributed by atoms with Gasteiger partial charge in [0.15, 0.2) is 13.2 Å². The van der Waals surface area contributed by atoms with Gasteiger partial charge in [0, 0.05) is 11.1 Å². The molecule has 11 nitrogen and oxygen atoms in total. The molecule has 0 saturated carbocycles. The predicted octanol–water partition coefficient (Wildman–Crippen LogP) is 0.519. The average Bonchev–Trinajstić information content (AvgIpc) is 2.87. The van der Waals surface area contributed by atoms with Gasteiger partial charge in [0.25, 0.3) is 11.8 Å². The number of hydrogen-bond donors (Lipinski definition) is 2. The van der Waals surface area contributed by atoms with Crippen molar-refractivity contribution < 1.29 is 42.9 Å². The van der Waals surface area contributed by atoms with Crippen LogP contribution in [0.3, 0.4) is 0 Å². The Morgan fingerprint density at radius 2 is 1.09 bits per heavy atom. The van der Waals surface area contributed by atoms with Crippen LogP contribution in [0.1, 0.15) is 20.7 Å². The van der Waals surface area contributed by atoms with Gasteiger partial charge in [-0.1, -0.05) is 12.1 Å². The monoisotopic (exact) mass is 472 g/mol. The number of carbonyl (C=O) groups excluding carboxylic acids is 5. The van der Waals surface area contributed by atoms with Crippen molar-refractivity contribution in [3.63, 3.8) is 0 Å². The molecule has 2 aromatic rings. The lowest BCUT2D eigenvalue weighted by Gasteiger charge is -2.08. The molecule has 34 heavy (non-hydrogen) atoms. The Kier molecular flexibility index (Phi) is 10.0. The van der Waals surface area contributed by atoms with Gasteiger partial charge in [-0.25, -0.2) is 0 Å². The fourth-order valence-electron chi connectivity index (χ4n) is 2.50. The lowest BCUT2D eigenvalue weighted by molar-refractivity contribution is -0.152. The number of amides is 2. The van der Waals surface area contributed by atoms with Gasteiger partial charge in [0.1, 0.15) is 24.6 Å². The standard InChI is InChI=1S/C23H24N2O9/c1-31-18-7-3-5-15(9-18)22(29)24-11-20(27)33-13-17(26)14-34-21(28)12-25-23(30)16-6-4-8-19(10-16)32-2/h3-10H,11-14H2,1-2H3,(H,24,29)(H,25,30). The van der Waals surface area contributed by atoms with E-state index in [0.29, 0.717) is 11.5 Å². The highest BCUT2D eigenvalue weighted by Crippen LogP contribution is 2.13. The van der Waals surface area contributed by atoms with E-state index in [1.165, 1.54) is 26.4 Å². The van der Waals surface area contributed by atoms with Crippen LogP contribution in [0.15, 0.2) is 48.5 Å². The molecule has 0 unspecified atom stereocenters. The minimum absolute atomic E-state index is 0.286. The molecule has 0 heterocycles. The number of nitrogens with one attached hydrogen (secondary N) is 2. The van der Waals surface area contributed by atoms with Crippen LogP contribution < -0.4 is 20.1 Å². The van der Waals surface area contributed by atoms with Crippen molar-refractivity contribution in [2.45, 2.75) is 0 Å². The van der Waals surface area contributed by atoms with Crippen LogP contribution in [0, 0.1) is 0 Å². The molecular formula is C23H24N2O9. The number of methoxy groups -OCH3 is 2. The quantitative estimate of drug-likeness (QED) is 0.422. The average molecular weight is 472 g/mol. The third-order valence-corrected chi connectivity index (χ3v) is 4.24. The normalized spacial score (nSPS) is 9.94. The van der Waals surface area contributed by atoms with Crippen LogP contribution in [0.2, 0.25) is 0 Å². The minimum atomic E-state index is -0.846. The summed E-state index contributed by atoms with van der Waals surface area (Å²) in [7, 11) is 2.92. The summed E-state index contributed by atoms with van der Waals surface area (Å²) in [5.41, 5.74) is 0.572. The summed E-state index contributed by atoms with van der Waals surface area (Å²) in [6, 6.07) is 12.7. The molecule has 0 aliphatic rings. The maximum atomic E-state index is 12.0. The van der Waals surface area contributed by atoms with Gasteiger partial charge in [-0.15, -0.1) is 0 Å². The molecule has 0 bridgehead atoms. The van der Waals surface area contributed by atoms with Gasteiger partial charge >= 0.3 is 11.9 Å². The van der Waals surface area contributed by atoms with Crippen molar-refractivity contribution in [3.8, 4) is 11.5 Å². The van der Waals surface area contributed by atoms with Crippen molar-refractivity contribution in [3.05, 3.63) is 59.7 Å². The van der Waals surface area contributed by atoms with Crippen LogP contribution in [-0.2, 0) is 23.9 Å². The summed E-state index contributed by atoms with van der Waals surface area (Å²) in [6.07, 6.45) is 0. The Labute approximate surface area is 195 Å². The first kappa shape index (κ1) is 25.8. The van der Waals surface area contributed by atoms with Crippen LogP contribution in [0.4, 0.5) is 0 Å². The Morgan fingerprint density at radius 1 is 0.676 bits per heavy atom. The summed E-state index contributed by atoms with van der Waals surface area (Å²) in [6.45, 7) is -2.20. The van der Waals surface area contributed by atoms with Gasteiger partial charge in [0.05, 0.1) is 14.2 Å². The first-order chi connectivity index (χ1) is 16.3. The molecule has 2 rings (SSSR count). The van der Waals surface area contributed by atoms with Gasteiger partial charge in [-0.05, 0) is 36.4 Å². The number of benzene rings is 2. The maximum Gasteiger partial charge on any atom is 0.325 e. The second kappa shape index (κ2) is 13.2. The molecule has 2 amide bonds. The highest BCUT2D eigenvalue weighted by Gasteiger charge is 2.14. The predicted molar refractivity (Wildman–Crippen MR) is 118 cm³/mol. The molecule has 0 aliphatic carbocycles. The van der Waals surface area contributed by atoms with Gasteiger partial charge < -0.3 is 29.6 Å². The molecule has 0 fully saturated rings. The molecule has 0 aromatic heterocycles. The molecule has 0 spiro atoms. The topological polar surface area (TPSA) is 146 Å². The highest BCUT2D eigenvalue weighted by molar-refractivity contribution is 5.97. The van der Waals surface area contributed by atoms with Crippen LogP contribution in [-0.4, -0.2) is 70.1 Å². The van der Waals surface area contributed by atoms with Crippen LogP contribution in [0.25, 0.3) is 0 Å². The third-order valence-electron chi connectivity index (χ3n) is 4.24. The third kappa shape index (κ3) is 8.61. The van der Waals surface area contributed by atoms with Crippen molar-refractivity contribution in [2.75, 3.05) is 40.5 Å². The maximum absolute atomic E-state index is 12.0. The van der Waals surface area contributed by atoms with Gasteiger partial charge in [0.2, 0.25) is 5.78 Å². The van der Waals surface area contributed by atoms with E-state index in [9.17, 15) is 24.0 Å². The molecule has 180 valence electrons. The van der Waals surface area contributed by atoms with E-state index in [1.54, 1.807) is 36.4 Å². The summed E-state index contributed by atoms with van der Waals surface area (Å²) in [5.74, 6) is -2.45. The number of ether oxygens (including phenoxy) is 4. The summed E-state index contributed by atoms with van der Waals surface area (Å²) >= 11 is 0. The number of hydrogen-bond acceptors (Lipinski definition) is 9. The molecule has 11 heteroatoms.